The van der Waals surface area contributed by atoms with Crippen LogP contribution in [-0.2, 0) is 7.05 Å². The maximum Gasteiger partial charge on any atom is 0.272 e. The number of carbonyl (C=O) groups excluding carboxylic acids is 1. The fourth-order valence-corrected chi connectivity index (χ4v) is 3.16. The van der Waals surface area contributed by atoms with Crippen molar-refractivity contribution in [3.05, 3.63) is 46.5 Å². The number of aryl methyl sites for hydroxylation is 2. The number of hydrogen-bond acceptors (Lipinski definition) is 5. The summed E-state index contributed by atoms with van der Waals surface area (Å²) in [5, 5.41) is 5.86. The number of aromatic nitrogens is 2. The lowest BCUT2D eigenvalue weighted by Crippen LogP contribution is -2.15. The molecule has 25 heavy (non-hydrogen) atoms. The van der Waals surface area contributed by atoms with E-state index in [2.05, 4.69) is 10.3 Å². The molecule has 3 aromatic rings. The van der Waals surface area contributed by atoms with E-state index in [1.165, 1.54) is 0 Å². The van der Waals surface area contributed by atoms with Crippen molar-refractivity contribution in [2.75, 3.05) is 19.5 Å². The molecule has 1 aromatic carbocycles. The molecule has 0 aliphatic heterocycles. The monoisotopic (exact) mass is 357 g/mol. The predicted molar refractivity (Wildman–Crippen MR) is 98.8 cm³/mol. The average molecular weight is 357 g/mol. The van der Waals surface area contributed by atoms with Gasteiger partial charge in [-0.3, -0.25) is 4.79 Å². The molecule has 3 rings (SSSR count). The third kappa shape index (κ3) is 3.51. The van der Waals surface area contributed by atoms with Crippen LogP contribution in [0.1, 0.15) is 15.5 Å². The van der Waals surface area contributed by atoms with Gasteiger partial charge in [0.25, 0.3) is 5.91 Å². The summed E-state index contributed by atoms with van der Waals surface area (Å²) in [5.41, 5.74) is 2.98. The van der Waals surface area contributed by atoms with Crippen LogP contribution in [0, 0.1) is 6.92 Å². The topological polar surface area (TPSA) is 65.4 Å². The smallest absolute Gasteiger partial charge is 0.272 e. The number of nitrogens with zero attached hydrogens (tertiary/aromatic N) is 2. The van der Waals surface area contributed by atoms with Crippen molar-refractivity contribution in [3.63, 3.8) is 0 Å². The van der Waals surface area contributed by atoms with Crippen molar-refractivity contribution in [3.8, 4) is 22.8 Å². The molecule has 0 bridgehead atoms. The molecule has 0 atom stereocenters. The first-order valence-electron chi connectivity index (χ1n) is 7.64. The lowest BCUT2D eigenvalue weighted by molar-refractivity contribution is 0.101. The molecule has 7 heteroatoms. The predicted octanol–water partition coefficient (Wildman–Crippen LogP) is 3.73. The number of rotatable bonds is 5. The van der Waals surface area contributed by atoms with E-state index in [4.69, 9.17) is 9.47 Å². The van der Waals surface area contributed by atoms with Gasteiger partial charge in [-0.1, -0.05) is 0 Å². The normalized spacial score (nSPS) is 10.6. The average Bonchev–Trinajstić information content (AvgIpc) is 3.20. The maximum absolute atomic E-state index is 12.6. The van der Waals surface area contributed by atoms with Crippen LogP contribution in [0.3, 0.4) is 0 Å². The standard InChI is InChI=1S/C18H19N3O3S/c1-11-19-14(10-25-11)12-7-15(21(2)9-12)18(22)20-13-5-6-16(23-3)17(8-13)24-4/h5-10H,1-4H3,(H,20,22). The number of amides is 1. The third-order valence-corrected chi connectivity index (χ3v) is 4.57. The van der Waals surface area contributed by atoms with E-state index in [0.717, 1.165) is 16.3 Å². The first-order valence-corrected chi connectivity index (χ1v) is 8.52. The minimum absolute atomic E-state index is 0.201. The number of nitrogens with one attached hydrogen (secondary N) is 1. The van der Waals surface area contributed by atoms with Crippen LogP contribution in [0.5, 0.6) is 11.5 Å². The van der Waals surface area contributed by atoms with Gasteiger partial charge in [-0.15, -0.1) is 11.3 Å². The van der Waals surface area contributed by atoms with Gasteiger partial charge < -0.3 is 19.4 Å². The largest absolute Gasteiger partial charge is 0.493 e. The van der Waals surface area contributed by atoms with Gasteiger partial charge in [0, 0.05) is 35.9 Å². The molecule has 6 nitrogen and oxygen atoms in total. The third-order valence-electron chi connectivity index (χ3n) is 3.79. The van der Waals surface area contributed by atoms with Gasteiger partial charge in [0.2, 0.25) is 0 Å². The number of methoxy groups -OCH3 is 2. The molecule has 2 heterocycles. The Kier molecular flexibility index (Phi) is 4.76. The summed E-state index contributed by atoms with van der Waals surface area (Å²) in [4.78, 5) is 17.1. The Morgan fingerprint density at radius 1 is 1.20 bits per heavy atom. The first-order chi connectivity index (χ1) is 12.0. The zero-order valence-electron chi connectivity index (χ0n) is 14.5. The Morgan fingerprint density at radius 2 is 1.96 bits per heavy atom. The highest BCUT2D eigenvalue weighted by atomic mass is 32.1. The zero-order valence-corrected chi connectivity index (χ0v) is 15.3. The molecule has 0 fully saturated rings. The van der Waals surface area contributed by atoms with E-state index in [0.29, 0.717) is 22.9 Å². The lowest BCUT2D eigenvalue weighted by Gasteiger charge is -2.10. The number of ether oxygens (including phenoxy) is 2. The molecule has 0 saturated carbocycles. The van der Waals surface area contributed by atoms with Crippen LogP contribution < -0.4 is 14.8 Å². The SMILES string of the molecule is COc1ccc(NC(=O)c2cc(-c3csc(C)n3)cn2C)cc1OC. The van der Waals surface area contributed by atoms with Gasteiger partial charge in [0.1, 0.15) is 5.69 Å². The molecule has 0 radical (unpaired) electrons. The Balaban J connectivity index is 1.83. The minimum Gasteiger partial charge on any atom is -0.493 e. The van der Waals surface area contributed by atoms with Crippen LogP contribution in [0.4, 0.5) is 5.69 Å². The van der Waals surface area contributed by atoms with E-state index < -0.39 is 0 Å². The van der Waals surface area contributed by atoms with Gasteiger partial charge in [-0.25, -0.2) is 4.98 Å². The zero-order chi connectivity index (χ0) is 18.0. The Hall–Kier alpha value is -2.80. The molecule has 0 spiro atoms. The van der Waals surface area contributed by atoms with Crippen molar-refractivity contribution in [1.29, 1.82) is 0 Å². The molecule has 0 saturated heterocycles. The second kappa shape index (κ2) is 6.98. The summed E-state index contributed by atoms with van der Waals surface area (Å²) in [6.07, 6.45) is 1.90. The lowest BCUT2D eigenvalue weighted by atomic mass is 10.2. The number of thiazole rings is 1. The highest BCUT2D eigenvalue weighted by Crippen LogP contribution is 2.30. The fraction of sp³-hybridized carbons (Fsp3) is 0.222. The van der Waals surface area contributed by atoms with Gasteiger partial charge in [0.15, 0.2) is 11.5 Å². The van der Waals surface area contributed by atoms with E-state index in [1.807, 2.05) is 31.6 Å². The van der Waals surface area contributed by atoms with E-state index >= 15 is 0 Å². The van der Waals surface area contributed by atoms with Gasteiger partial charge in [-0.2, -0.15) is 0 Å². The summed E-state index contributed by atoms with van der Waals surface area (Å²) in [7, 11) is 4.97. The Morgan fingerprint density at radius 3 is 2.60 bits per heavy atom. The van der Waals surface area contributed by atoms with Crippen molar-refractivity contribution < 1.29 is 14.3 Å². The second-order valence-electron chi connectivity index (χ2n) is 5.50. The molecular formula is C18H19N3O3S. The summed E-state index contributed by atoms with van der Waals surface area (Å²) in [6, 6.07) is 7.09. The van der Waals surface area contributed by atoms with Crippen LogP contribution >= 0.6 is 11.3 Å². The summed E-state index contributed by atoms with van der Waals surface area (Å²) < 4.78 is 12.3. The van der Waals surface area contributed by atoms with Crippen LogP contribution in [-0.4, -0.2) is 29.7 Å². The van der Waals surface area contributed by atoms with Crippen LogP contribution in [0.25, 0.3) is 11.3 Å². The van der Waals surface area contributed by atoms with Gasteiger partial charge in [0.05, 0.1) is 24.9 Å². The second-order valence-corrected chi connectivity index (χ2v) is 6.56. The van der Waals surface area contributed by atoms with E-state index in [-0.39, 0.29) is 5.91 Å². The number of anilines is 1. The van der Waals surface area contributed by atoms with Crippen molar-refractivity contribution in [2.24, 2.45) is 7.05 Å². The quantitative estimate of drug-likeness (QED) is 0.756. The molecule has 0 aliphatic carbocycles. The molecular weight excluding hydrogens is 338 g/mol. The number of benzene rings is 1. The molecule has 130 valence electrons. The minimum atomic E-state index is -0.201. The van der Waals surface area contributed by atoms with Gasteiger partial charge >= 0.3 is 0 Å². The van der Waals surface area contributed by atoms with Crippen molar-refractivity contribution in [1.82, 2.24) is 9.55 Å². The fourth-order valence-electron chi connectivity index (χ4n) is 2.54. The highest BCUT2D eigenvalue weighted by molar-refractivity contribution is 7.09. The van der Waals surface area contributed by atoms with Crippen LogP contribution in [0.2, 0.25) is 0 Å². The summed E-state index contributed by atoms with van der Waals surface area (Å²) in [5.74, 6) is 0.972. The first kappa shape index (κ1) is 17.0. The van der Waals surface area contributed by atoms with E-state index in [1.54, 1.807) is 48.3 Å². The molecule has 1 amide bonds. The Bertz CT molecular complexity index is 914. The molecule has 1 N–H and O–H groups in total. The summed E-state index contributed by atoms with van der Waals surface area (Å²) >= 11 is 1.59. The van der Waals surface area contributed by atoms with Crippen molar-refractivity contribution in [2.45, 2.75) is 6.92 Å². The number of carbonyl (C=O) groups is 1. The molecule has 2 aromatic heterocycles. The molecule has 0 unspecified atom stereocenters. The van der Waals surface area contributed by atoms with Crippen molar-refractivity contribution >= 4 is 22.9 Å². The molecule has 0 aliphatic rings. The summed E-state index contributed by atoms with van der Waals surface area (Å²) in [6.45, 7) is 1.96. The van der Waals surface area contributed by atoms with Gasteiger partial charge in [-0.05, 0) is 25.1 Å². The highest BCUT2D eigenvalue weighted by Gasteiger charge is 2.15. The van der Waals surface area contributed by atoms with Crippen LogP contribution in [0.15, 0.2) is 35.8 Å². The number of hydrogen-bond donors (Lipinski definition) is 1. The Labute approximate surface area is 150 Å². The maximum atomic E-state index is 12.6. The van der Waals surface area contributed by atoms with E-state index in [9.17, 15) is 4.79 Å².